The summed E-state index contributed by atoms with van der Waals surface area (Å²) in [5.41, 5.74) is 3.01. The molecule has 1 aliphatic heterocycles. The van der Waals surface area contributed by atoms with Gasteiger partial charge in [0, 0.05) is 43.4 Å². The second kappa shape index (κ2) is 6.72. The first kappa shape index (κ1) is 17.4. The van der Waals surface area contributed by atoms with Crippen LogP contribution in [0.15, 0.2) is 22.7 Å². The Balaban J connectivity index is 1.29. The second-order valence-corrected chi connectivity index (χ2v) is 8.20. The molecular formula is C21H25N5O2. The Labute approximate surface area is 163 Å². The highest BCUT2D eigenvalue weighted by Gasteiger charge is 2.31. The lowest BCUT2D eigenvalue weighted by Crippen LogP contribution is -2.38. The van der Waals surface area contributed by atoms with E-state index in [4.69, 9.17) is 4.52 Å². The van der Waals surface area contributed by atoms with E-state index in [9.17, 15) is 4.79 Å². The maximum absolute atomic E-state index is 12.3. The van der Waals surface area contributed by atoms with Gasteiger partial charge in [-0.25, -0.2) is 0 Å². The molecule has 5 rings (SSSR count). The molecule has 2 fully saturated rings. The van der Waals surface area contributed by atoms with Gasteiger partial charge in [0.25, 0.3) is 0 Å². The quantitative estimate of drug-likeness (QED) is 0.694. The van der Waals surface area contributed by atoms with Gasteiger partial charge in [-0.05, 0) is 44.6 Å². The maximum Gasteiger partial charge on any atom is 0.230 e. The molecule has 0 atom stereocenters. The standard InChI is InChI=1S/C21H25N5O2/c1-13-17-6-5-16(12-18(17)25(2)23-13)20-22-21(28-24-20)15-7-9-26(10-8-15)19(27)11-14-3-4-14/h5-6,12,14-15H,3-4,7-11H2,1-2H3. The highest BCUT2D eigenvalue weighted by molar-refractivity contribution is 5.85. The lowest BCUT2D eigenvalue weighted by atomic mass is 9.96. The number of nitrogens with zero attached hydrogens (tertiary/aromatic N) is 5. The van der Waals surface area contributed by atoms with E-state index < -0.39 is 0 Å². The first-order valence-corrected chi connectivity index (χ1v) is 10.1. The normalized spacial score (nSPS) is 18.1. The van der Waals surface area contributed by atoms with Crippen LogP contribution < -0.4 is 0 Å². The van der Waals surface area contributed by atoms with Gasteiger partial charge in [-0.3, -0.25) is 9.48 Å². The molecule has 1 saturated carbocycles. The van der Waals surface area contributed by atoms with Crippen molar-refractivity contribution in [3.05, 3.63) is 29.8 Å². The molecule has 0 bridgehead atoms. The first-order chi connectivity index (χ1) is 13.6. The van der Waals surface area contributed by atoms with E-state index in [2.05, 4.69) is 27.4 Å². The van der Waals surface area contributed by atoms with Gasteiger partial charge in [-0.15, -0.1) is 0 Å². The highest BCUT2D eigenvalue weighted by Crippen LogP contribution is 2.34. The molecule has 1 aromatic carbocycles. The van der Waals surface area contributed by atoms with Gasteiger partial charge >= 0.3 is 0 Å². The smallest absolute Gasteiger partial charge is 0.230 e. The molecule has 7 heteroatoms. The molecule has 1 aliphatic carbocycles. The van der Waals surface area contributed by atoms with Gasteiger partial charge < -0.3 is 9.42 Å². The number of fused-ring (bicyclic) bond motifs is 1. The Morgan fingerprint density at radius 1 is 1.21 bits per heavy atom. The molecule has 0 unspecified atom stereocenters. The Morgan fingerprint density at radius 2 is 2.00 bits per heavy atom. The van der Waals surface area contributed by atoms with E-state index in [0.717, 1.165) is 54.5 Å². The van der Waals surface area contributed by atoms with Crippen molar-refractivity contribution in [3.63, 3.8) is 0 Å². The number of piperidine rings is 1. The minimum absolute atomic E-state index is 0.230. The molecule has 0 spiro atoms. The predicted molar refractivity (Wildman–Crippen MR) is 105 cm³/mol. The van der Waals surface area contributed by atoms with Crippen LogP contribution in [0.5, 0.6) is 0 Å². The molecule has 0 N–H and O–H groups in total. The fourth-order valence-electron chi connectivity index (χ4n) is 4.17. The average molecular weight is 379 g/mol. The molecule has 0 radical (unpaired) electrons. The summed E-state index contributed by atoms with van der Waals surface area (Å²) in [5, 5.41) is 9.81. The summed E-state index contributed by atoms with van der Waals surface area (Å²) in [4.78, 5) is 19.0. The minimum Gasteiger partial charge on any atom is -0.343 e. The number of carbonyl (C=O) groups excluding carboxylic acids is 1. The van der Waals surface area contributed by atoms with Crippen LogP contribution in [0, 0.1) is 12.8 Å². The summed E-state index contributed by atoms with van der Waals surface area (Å²) >= 11 is 0. The fraction of sp³-hybridized carbons (Fsp3) is 0.524. The van der Waals surface area contributed by atoms with Crippen LogP contribution in [-0.4, -0.2) is 43.8 Å². The number of amides is 1. The van der Waals surface area contributed by atoms with E-state index in [1.54, 1.807) is 0 Å². The Hall–Kier alpha value is -2.70. The Kier molecular flexibility index (Phi) is 4.18. The largest absolute Gasteiger partial charge is 0.343 e. The van der Waals surface area contributed by atoms with Gasteiger partial charge in [0.05, 0.1) is 11.2 Å². The van der Waals surface area contributed by atoms with Gasteiger partial charge in [0.1, 0.15) is 0 Å². The zero-order valence-corrected chi connectivity index (χ0v) is 16.4. The number of aryl methyl sites for hydroxylation is 2. The second-order valence-electron chi connectivity index (χ2n) is 8.20. The fourth-order valence-corrected chi connectivity index (χ4v) is 4.17. The predicted octanol–water partition coefficient (Wildman–Crippen LogP) is 3.44. The summed E-state index contributed by atoms with van der Waals surface area (Å²) in [6, 6.07) is 6.14. The number of aromatic nitrogens is 4. The third-order valence-corrected chi connectivity index (χ3v) is 6.09. The van der Waals surface area contributed by atoms with Crippen molar-refractivity contribution in [2.45, 2.75) is 44.9 Å². The topological polar surface area (TPSA) is 77.0 Å². The van der Waals surface area contributed by atoms with Gasteiger partial charge in [-0.2, -0.15) is 10.1 Å². The van der Waals surface area contributed by atoms with Crippen molar-refractivity contribution in [2.75, 3.05) is 13.1 Å². The number of carbonyl (C=O) groups is 1. The molecule has 1 amide bonds. The number of hydrogen-bond donors (Lipinski definition) is 0. The van der Waals surface area contributed by atoms with Crippen LogP contribution in [0.2, 0.25) is 0 Å². The van der Waals surface area contributed by atoms with E-state index in [0.29, 0.717) is 23.5 Å². The molecule has 2 aliphatic rings. The van der Waals surface area contributed by atoms with Crippen LogP contribution in [0.4, 0.5) is 0 Å². The van der Waals surface area contributed by atoms with Crippen molar-refractivity contribution in [3.8, 4) is 11.4 Å². The third kappa shape index (κ3) is 3.19. The van der Waals surface area contributed by atoms with Crippen LogP contribution in [0.25, 0.3) is 22.3 Å². The van der Waals surface area contributed by atoms with Crippen LogP contribution in [0.1, 0.15) is 49.6 Å². The SMILES string of the molecule is Cc1nn(C)c2cc(-c3noc(C4CCN(C(=O)CC5CC5)CC4)n3)ccc12. The summed E-state index contributed by atoms with van der Waals surface area (Å²) in [6.07, 6.45) is 4.94. The van der Waals surface area contributed by atoms with Gasteiger partial charge in [-0.1, -0.05) is 17.3 Å². The molecule has 2 aromatic heterocycles. The number of hydrogen-bond acceptors (Lipinski definition) is 5. The monoisotopic (exact) mass is 379 g/mol. The van der Waals surface area contributed by atoms with E-state index in [-0.39, 0.29) is 5.92 Å². The van der Waals surface area contributed by atoms with Crippen molar-refractivity contribution in [2.24, 2.45) is 13.0 Å². The summed E-state index contributed by atoms with van der Waals surface area (Å²) in [6.45, 7) is 3.58. The number of likely N-dealkylation sites (tertiary alicyclic amines) is 1. The zero-order chi connectivity index (χ0) is 19.3. The summed E-state index contributed by atoms with van der Waals surface area (Å²) in [5.74, 6) is 2.48. The third-order valence-electron chi connectivity index (χ3n) is 6.09. The van der Waals surface area contributed by atoms with Crippen LogP contribution >= 0.6 is 0 Å². The van der Waals surface area contributed by atoms with E-state index in [1.807, 2.05) is 29.6 Å². The van der Waals surface area contributed by atoms with Crippen molar-refractivity contribution < 1.29 is 9.32 Å². The maximum atomic E-state index is 12.3. The van der Waals surface area contributed by atoms with Crippen molar-refractivity contribution in [1.82, 2.24) is 24.8 Å². The van der Waals surface area contributed by atoms with Crippen molar-refractivity contribution in [1.29, 1.82) is 0 Å². The lowest BCUT2D eigenvalue weighted by Gasteiger charge is -2.30. The van der Waals surface area contributed by atoms with Crippen LogP contribution in [0.3, 0.4) is 0 Å². The van der Waals surface area contributed by atoms with E-state index in [1.165, 1.54) is 12.8 Å². The minimum atomic E-state index is 0.230. The summed E-state index contributed by atoms with van der Waals surface area (Å²) in [7, 11) is 1.94. The average Bonchev–Trinajstić information content (AvgIpc) is 3.30. The molecular weight excluding hydrogens is 354 g/mol. The number of benzene rings is 1. The highest BCUT2D eigenvalue weighted by atomic mass is 16.5. The summed E-state index contributed by atoms with van der Waals surface area (Å²) < 4.78 is 7.47. The first-order valence-electron chi connectivity index (χ1n) is 10.1. The molecule has 28 heavy (non-hydrogen) atoms. The number of rotatable bonds is 4. The van der Waals surface area contributed by atoms with E-state index >= 15 is 0 Å². The molecule has 7 nitrogen and oxygen atoms in total. The van der Waals surface area contributed by atoms with Crippen LogP contribution in [-0.2, 0) is 11.8 Å². The lowest BCUT2D eigenvalue weighted by molar-refractivity contribution is -0.132. The van der Waals surface area contributed by atoms with Gasteiger partial charge in [0.15, 0.2) is 0 Å². The zero-order valence-electron chi connectivity index (χ0n) is 16.4. The Bertz CT molecular complexity index is 1020. The molecule has 146 valence electrons. The molecule has 1 saturated heterocycles. The molecule has 3 aromatic rings. The van der Waals surface area contributed by atoms with Crippen molar-refractivity contribution >= 4 is 16.8 Å². The van der Waals surface area contributed by atoms with Gasteiger partial charge in [0.2, 0.25) is 17.6 Å². The molecule has 3 heterocycles. The Morgan fingerprint density at radius 3 is 2.75 bits per heavy atom.